The van der Waals surface area contributed by atoms with E-state index in [-0.39, 0.29) is 6.29 Å². The Morgan fingerprint density at radius 2 is 2.33 bits per heavy atom. The highest BCUT2D eigenvalue weighted by molar-refractivity contribution is 7.10. The van der Waals surface area contributed by atoms with Crippen LogP contribution < -0.4 is 0 Å². The number of rotatable bonds is 1. The van der Waals surface area contributed by atoms with Crippen LogP contribution >= 0.6 is 11.3 Å². The molecular formula is C7H6N2O2S. The molecule has 0 aromatic carbocycles. The van der Waals surface area contributed by atoms with Crippen molar-refractivity contribution in [3.63, 3.8) is 0 Å². The van der Waals surface area contributed by atoms with Gasteiger partial charge in [0.25, 0.3) is 0 Å². The van der Waals surface area contributed by atoms with Gasteiger partial charge in [-0.3, -0.25) is 0 Å². The Morgan fingerprint density at radius 3 is 2.92 bits per heavy atom. The van der Waals surface area contributed by atoms with Crippen molar-refractivity contribution >= 4 is 11.3 Å². The van der Waals surface area contributed by atoms with Crippen molar-refractivity contribution in [1.82, 2.24) is 4.98 Å². The molecule has 4 nitrogen and oxygen atoms in total. The molecule has 0 N–H and O–H groups in total. The van der Waals surface area contributed by atoms with Crippen molar-refractivity contribution < 1.29 is 9.47 Å². The maximum Gasteiger partial charge on any atom is 0.202 e. The maximum atomic E-state index is 8.51. The summed E-state index contributed by atoms with van der Waals surface area (Å²) in [7, 11) is 0. The standard InChI is InChI=1S/C7H6N2O2S/c8-3-6-9-5(4-12-6)7-10-1-2-11-7/h4,7H,1-2H2. The van der Waals surface area contributed by atoms with Gasteiger partial charge in [0.2, 0.25) is 6.29 Å². The van der Waals surface area contributed by atoms with E-state index in [1.165, 1.54) is 11.3 Å². The molecule has 1 saturated heterocycles. The number of nitrogens with zero attached hydrogens (tertiary/aromatic N) is 2. The molecule has 12 heavy (non-hydrogen) atoms. The molecule has 1 aliphatic heterocycles. The van der Waals surface area contributed by atoms with Crippen molar-refractivity contribution in [2.75, 3.05) is 13.2 Å². The summed E-state index contributed by atoms with van der Waals surface area (Å²) in [5.41, 5.74) is 0.703. The number of thiazole rings is 1. The number of hydrogen-bond acceptors (Lipinski definition) is 5. The third-order valence-corrected chi connectivity index (χ3v) is 2.25. The van der Waals surface area contributed by atoms with Gasteiger partial charge >= 0.3 is 0 Å². The summed E-state index contributed by atoms with van der Waals surface area (Å²) in [5.74, 6) is 0. The molecule has 5 heteroatoms. The third kappa shape index (κ3) is 1.32. The van der Waals surface area contributed by atoms with Gasteiger partial charge in [0, 0.05) is 5.38 Å². The molecule has 1 aromatic rings. The monoisotopic (exact) mass is 182 g/mol. The van der Waals surface area contributed by atoms with E-state index in [1.54, 1.807) is 5.38 Å². The van der Waals surface area contributed by atoms with Crippen molar-refractivity contribution in [3.05, 3.63) is 16.1 Å². The molecule has 0 saturated carbocycles. The average Bonchev–Trinajstić information content (AvgIpc) is 2.75. The van der Waals surface area contributed by atoms with Crippen LogP contribution in [0.3, 0.4) is 0 Å². The zero-order valence-corrected chi connectivity index (χ0v) is 7.00. The molecule has 0 atom stereocenters. The number of hydrogen-bond donors (Lipinski definition) is 0. The summed E-state index contributed by atoms with van der Waals surface area (Å²) in [5, 5.41) is 10.7. The molecule has 1 fully saturated rings. The van der Waals surface area contributed by atoms with E-state index in [0.29, 0.717) is 23.9 Å². The zero-order valence-electron chi connectivity index (χ0n) is 6.19. The van der Waals surface area contributed by atoms with Crippen LogP contribution in [0.5, 0.6) is 0 Å². The Hall–Kier alpha value is -0.960. The predicted molar refractivity (Wildman–Crippen MR) is 41.5 cm³/mol. The van der Waals surface area contributed by atoms with Crippen LogP contribution in [0.15, 0.2) is 5.38 Å². The molecule has 2 rings (SSSR count). The molecule has 0 unspecified atom stereocenters. The SMILES string of the molecule is N#Cc1nc(C2OCCO2)cs1. The number of ether oxygens (including phenoxy) is 2. The number of aromatic nitrogens is 1. The lowest BCUT2D eigenvalue weighted by molar-refractivity contribution is -0.0468. The van der Waals surface area contributed by atoms with E-state index < -0.39 is 0 Å². The average molecular weight is 182 g/mol. The van der Waals surface area contributed by atoms with Crippen LogP contribution in [-0.4, -0.2) is 18.2 Å². The highest BCUT2D eigenvalue weighted by Crippen LogP contribution is 2.23. The van der Waals surface area contributed by atoms with E-state index >= 15 is 0 Å². The van der Waals surface area contributed by atoms with Gasteiger partial charge in [0.15, 0.2) is 5.01 Å². The number of nitriles is 1. The fraction of sp³-hybridized carbons (Fsp3) is 0.429. The van der Waals surface area contributed by atoms with E-state index in [1.807, 2.05) is 6.07 Å². The van der Waals surface area contributed by atoms with Crippen molar-refractivity contribution in [2.45, 2.75) is 6.29 Å². The fourth-order valence-electron chi connectivity index (χ4n) is 0.975. The minimum Gasteiger partial charge on any atom is -0.345 e. The van der Waals surface area contributed by atoms with Crippen molar-refractivity contribution in [1.29, 1.82) is 5.26 Å². The highest BCUT2D eigenvalue weighted by atomic mass is 32.1. The Labute approximate surface area is 73.4 Å². The molecule has 2 heterocycles. The molecular weight excluding hydrogens is 176 g/mol. The van der Waals surface area contributed by atoms with Crippen LogP contribution in [0.1, 0.15) is 17.0 Å². The van der Waals surface area contributed by atoms with Crippen LogP contribution in [0, 0.1) is 11.3 Å². The molecule has 1 aliphatic rings. The van der Waals surface area contributed by atoms with Gasteiger partial charge in [-0.25, -0.2) is 4.98 Å². The predicted octanol–water partition coefficient (Wildman–Crippen LogP) is 1.06. The topological polar surface area (TPSA) is 55.1 Å². The van der Waals surface area contributed by atoms with Crippen LogP contribution in [-0.2, 0) is 9.47 Å². The van der Waals surface area contributed by atoms with E-state index in [2.05, 4.69) is 4.98 Å². The van der Waals surface area contributed by atoms with Crippen LogP contribution in [0.4, 0.5) is 0 Å². The minimum atomic E-state index is -0.358. The first-order valence-electron chi connectivity index (χ1n) is 3.49. The van der Waals surface area contributed by atoms with Crippen LogP contribution in [0.25, 0.3) is 0 Å². The summed E-state index contributed by atoms with van der Waals surface area (Å²) < 4.78 is 10.4. The van der Waals surface area contributed by atoms with E-state index in [4.69, 9.17) is 14.7 Å². The van der Waals surface area contributed by atoms with Crippen molar-refractivity contribution in [2.24, 2.45) is 0 Å². The molecule has 0 amide bonds. The molecule has 0 spiro atoms. The van der Waals surface area contributed by atoms with E-state index in [9.17, 15) is 0 Å². The summed E-state index contributed by atoms with van der Waals surface area (Å²) >= 11 is 1.30. The Bertz CT molecular complexity index is 311. The van der Waals surface area contributed by atoms with Gasteiger partial charge in [-0.15, -0.1) is 11.3 Å². The second-order valence-electron chi connectivity index (χ2n) is 2.26. The van der Waals surface area contributed by atoms with Gasteiger partial charge in [0.1, 0.15) is 11.8 Å². The Balaban J connectivity index is 2.17. The van der Waals surface area contributed by atoms with E-state index in [0.717, 1.165) is 0 Å². The Morgan fingerprint density at radius 1 is 1.58 bits per heavy atom. The fourth-order valence-corrected chi connectivity index (χ4v) is 1.58. The molecule has 62 valence electrons. The minimum absolute atomic E-state index is 0.358. The van der Waals surface area contributed by atoms with Gasteiger partial charge in [-0.2, -0.15) is 5.26 Å². The summed E-state index contributed by atoms with van der Waals surface area (Å²) in [4.78, 5) is 4.02. The quantitative estimate of drug-likeness (QED) is 0.651. The second-order valence-corrected chi connectivity index (χ2v) is 3.12. The molecule has 0 bridgehead atoms. The van der Waals surface area contributed by atoms with Gasteiger partial charge < -0.3 is 9.47 Å². The second kappa shape index (κ2) is 3.19. The normalized spacial score (nSPS) is 17.9. The molecule has 0 aliphatic carbocycles. The lowest BCUT2D eigenvalue weighted by atomic mass is 10.5. The summed E-state index contributed by atoms with van der Waals surface area (Å²) in [6, 6.07) is 1.97. The molecule has 0 radical (unpaired) electrons. The lowest BCUT2D eigenvalue weighted by Crippen LogP contribution is -1.97. The van der Waals surface area contributed by atoms with Crippen molar-refractivity contribution in [3.8, 4) is 6.07 Å². The molecule has 1 aromatic heterocycles. The van der Waals surface area contributed by atoms with Gasteiger partial charge in [0.05, 0.1) is 13.2 Å². The summed E-state index contributed by atoms with van der Waals surface area (Å²) in [6.07, 6.45) is -0.358. The third-order valence-electron chi connectivity index (χ3n) is 1.48. The highest BCUT2D eigenvalue weighted by Gasteiger charge is 2.20. The zero-order chi connectivity index (χ0) is 8.39. The smallest absolute Gasteiger partial charge is 0.202 e. The first-order chi connectivity index (χ1) is 5.90. The summed E-state index contributed by atoms with van der Waals surface area (Å²) in [6.45, 7) is 1.20. The van der Waals surface area contributed by atoms with Gasteiger partial charge in [-0.05, 0) is 0 Å². The van der Waals surface area contributed by atoms with Crippen LogP contribution in [0.2, 0.25) is 0 Å². The largest absolute Gasteiger partial charge is 0.345 e. The first kappa shape index (κ1) is 7.68. The maximum absolute atomic E-state index is 8.51. The Kier molecular flexibility index (Phi) is 2.04. The lowest BCUT2D eigenvalue weighted by Gasteiger charge is -2.02. The first-order valence-corrected chi connectivity index (χ1v) is 4.37. The van der Waals surface area contributed by atoms with Gasteiger partial charge in [-0.1, -0.05) is 0 Å².